The van der Waals surface area contributed by atoms with E-state index >= 15 is 0 Å². The number of aromatic nitrogens is 3. The van der Waals surface area contributed by atoms with Crippen molar-refractivity contribution in [2.45, 2.75) is 55.0 Å². The van der Waals surface area contributed by atoms with Gasteiger partial charge in [-0.3, -0.25) is 9.30 Å². The molecule has 1 aliphatic carbocycles. The Hall–Kier alpha value is -3.34. The van der Waals surface area contributed by atoms with E-state index in [9.17, 15) is 4.79 Å². The van der Waals surface area contributed by atoms with Gasteiger partial charge in [0.25, 0.3) is 0 Å². The van der Waals surface area contributed by atoms with Gasteiger partial charge in [0, 0.05) is 48.1 Å². The third-order valence-corrected chi connectivity index (χ3v) is 7.67. The van der Waals surface area contributed by atoms with Crippen LogP contribution in [0.15, 0.2) is 76.4 Å². The van der Waals surface area contributed by atoms with Gasteiger partial charge in [0.2, 0.25) is 0 Å². The summed E-state index contributed by atoms with van der Waals surface area (Å²) in [5, 5.41) is 11.8. The van der Waals surface area contributed by atoms with Crippen molar-refractivity contribution in [1.29, 1.82) is 0 Å². The van der Waals surface area contributed by atoms with E-state index in [2.05, 4.69) is 49.2 Å². The van der Waals surface area contributed by atoms with Crippen LogP contribution in [0.25, 0.3) is 5.65 Å². The third-order valence-electron chi connectivity index (χ3n) is 6.57. The van der Waals surface area contributed by atoms with Crippen molar-refractivity contribution in [2.24, 2.45) is 0 Å². The highest BCUT2D eigenvalue weighted by atomic mass is 32.2. The van der Waals surface area contributed by atoms with Crippen molar-refractivity contribution in [1.82, 2.24) is 24.8 Å². The predicted molar refractivity (Wildman–Crippen MR) is 154 cm³/mol. The molecule has 1 amide bonds. The lowest BCUT2D eigenvalue weighted by Crippen LogP contribution is -2.38. The standard InChI is InChI=1S/C30H37N5O4S/c1-30(2,3)39-29(36)31-20-23-7-4-5-10-26(23)40-25-11-12-27-32-33-28(35(27)21-25)22-8-6-9-24(19-22)38-18-15-34-13-16-37-17-14-34/h4-7,9-12,19,21-22H,8,13-18,20H2,1-3H3,(H,31,36). The van der Waals surface area contributed by atoms with Crippen molar-refractivity contribution in [3.63, 3.8) is 0 Å². The van der Waals surface area contributed by atoms with Gasteiger partial charge in [0.1, 0.15) is 23.8 Å². The SMILES string of the molecule is CC(C)(C)OC(=O)NCc1ccccc1Sc1ccc2nnc(C3C=C(OCCN4CCOCC4)C=CC3)n2c1. The topological polar surface area (TPSA) is 90.2 Å². The second kappa shape index (κ2) is 12.9. The first-order valence-corrected chi connectivity index (χ1v) is 14.5. The predicted octanol–water partition coefficient (Wildman–Crippen LogP) is 5.18. The molecule has 5 rings (SSSR count). The number of pyridine rings is 1. The molecule has 10 heteroatoms. The quantitative estimate of drug-likeness (QED) is 0.381. The highest BCUT2D eigenvalue weighted by Crippen LogP contribution is 2.32. The van der Waals surface area contributed by atoms with E-state index in [0.717, 1.165) is 71.9 Å². The molecule has 1 fully saturated rings. The molecule has 0 bridgehead atoms. The summed E-state index contributed by atoms with van der Waals surface area (Å²) in [5.41, 5.74) is 1.28. The minimum Gasteiger partial charge on any atom is -0.493 e. The van der Waals surface area contributed by atoms with Gasteiger partial charge in [-0.2, -0.15) is 0 Å². The number of hydrogen-bond acceptors (Lipinski definition) is 8. The van der Waals surface area contributed by atoms with Crippen molar-refractivity contribution in [3.05, 3.63) is 78.0 Å². The summed E-state index contributed by atoms with van der Waals surface area (Å²) >= 11 is 1.64. The van der Waals surface area contributed by atoms with Crippen molar-refractivity contribution < 1.29 is 19.0 Å². The van der Waals surface area contributed by atoms with E-state index in [-0.39, 0.29) is 5.92 Å². The number of carbonyl (C=O) groups is 1. The summed E-state index contributed by atoms with van der Waals surface area (Å²) in [6.45, 7) is 11.0. The summed E-state index contributed by atoms with van der Waals surface area (Å²) in [6, 6.07) is 12.1. The zero-order chi connectivity index (χ0) is 28.0. The van der Waals surface area contributed by atoms with Crippen LogP contribution in [-0.2, 0) is 20.8 Å². The average Bonchev–Trinajstić information content (AvgIpc) is 3.36. The molecular weight excluding hydrogens is 526 g/mol. The highest BCUT2D eigenvalue weighted by molar-refractivity contribution is 7.99. The summed E-state index contributed by atoms with van der Waals surface area (Å²) in [4.78, 5) is 16.7. The molecule has 3 heterocycles. The molecule has 3 aromatic rings. The van der Waals surface area contributed by atoms with Gasteiger partial charge in [-0.1, -0.05) is 36.0 Å². The smallest absolute Gasteiger partial charge is 0.407 e. The number of alkyl carbamates (subject to hydrolysis) is 1. The van der Waals surface area contributed by atoms with E-state index < -0.39 is 11.7 Å². The molecule has 1 N–H and O–H groups in total. The van der Waals surface area contributed by atoms with E-state index in [0.29, 0.717) is 13.2 Å². The van der Waals surface area contributed by atoms with Gasteiger partial charge >= 0.3 is 6.09 Å². The summed E-state index contributed by atoms with van der Waals surface area (Å²) in [7, 11) is 0. The fourth-order valence-electron chi connectivity index (χ4n) is 4.61. The van der Waals surface area contributed by atoms with Crippen LogP contribution in [0.4, 0.5) is 4.79 Å². The Bertz CT molecular complexity index is 1370. The zero-order valence-corrected chi connectivity index (χ0v) is 24.2. The Morgan fingerprint density at radius 1 is 1.15 bits per heavy atom. The molecule has 2 aromatic heterocycles. The number of hydrogen-bond donors (Lipinski definition) is 1. The minimum atomic E-state index is -0.538. The fourth-order valence-corrected chi connectivity index (χ4v) is 5.57. The van der Waals surface area contributed by atoms with E-state index in [1.54, 1.807) is 11.8 Å². The summed E-state index contributed by atoms with van der Waals surface area (Å²) in [5.74, 6) is 1.83. The fraction of sp³-hybridized carbons (Fsp3) is 0.433. The number of carbonyl (C=O) groups excluding carboxylic acids is 1. The molecule has 0 saturated carbocycles. The largest absolute Gasteiger partial charge is 0.493 e. The Labute approximate surface area is 239 Å². The molecular formula is C30H37N5O4S. The van der Waals surface area contributed by atoms with Crippen LogP contribution in [0.2, 0.25) is 0 Å². The molecule has 1 aromatic carbocycles. The van der Waals surface area contributed by atoms with E-state index in [1.807, 2.05) is 57.2 Å². The maximum atomic E-state index is 12.2. The second-order valence-electron chi connectivity index (χ2n) is 10.8. The number of amides is 1. The Balaban J connectivity index is 1.26. The Morgan fingerprint density at radius 3 is 2.80 bits per heavy atom. The van der Waals surface area contributed by atoms with Gasteiger partial charge in [-0.25, -0.2) is 4.79 Å². The Kier molecular flexibility index (Phi) is 9.08. The maximum Gasteiger partial charge on any atom is 0.407 e. The monoisotopic (exact) mass is 563 g/mol. The number of ether oxygens (including phenoxy) is 3. The molecule has 1 saturated heterocycles. The minimum absolute atomic E-state index is 0.0731. The van der Waals surface area contributed by atoms with Crippen molar-refractivity contribution in [3.8, 4) is 0 Å². The molecule has 1 atom stereocenters. The molecule has 212 valence electrons. The second-order valence-corrected chi connectivity index (χ2v) is 11.9. The molecule has 9 nitrogen and oxygen atoms in total. The van der Waals surface area contributed by atoms with E-state index in [1.165, 1.54) is 0 Å². The number of morpholine rings is 1. The average molecular weight is 564 g/mol. The molecule has 0 radical (unpaired) electrons. The number of benzene rings is 1. The van der Waals surface area contributed by atoms with Crippen LogP contribution in [0.5, 0.6) is 0 Å². The van der Waals surface area contributed by atoms with Crippen LogP contribution in [0, 0.1) is 0 Å². The maximum absolute atomic E-state index is 12.2. The first-order valence-electron chi connectivity index (χ1n) is 13.7. The van der Waals surface area contributed by atoms with Gasteiger partial charge in [-0.15, -0.1) is 10.2 Å². The number of nitrogens with zero attached hydrogens (tertiary/aromatic N) is 4. The lowest BCUT2D eigenvalue weighted by Gasteiger charge is -2.26. The van der Waals surface area contributed by atoms with Gasteiger partial charge < -0.3 is 19.5 Å². The number of fused-ring (bicyclic) bond motifs is 1. The number of nitrogens with one attached hydrogen (secondary N) is 1. The molecule has 40 heavy (non-hydrogen) atoms. The first-order chi connectivity index (χ1) is 19.3. The molecule has 0 spiro atoms. The van der Waals surface area contributed by atoms with Crippen molar-refractivity contribution >= 4 is 23.5 Å². The Morgan fingerprint density at radius 2 is 1.98 bits per heavy atom. The molecule has 2 aliphatic rings. The zero-order valence-electron chi connectivity index (χ0n) is 23.3. The summed E-state index contributed by atoms with van der Waals surface area (Å²) < 4.78 is 19.0. The van der Waals surface area contributed by atoms with Gasteiger partial charge in [0.15, 0.2) is 5.65 Å². The van der Waals surface area contributed by atoms with Crippen LogP contribution in [0.1, 0.15) is 44.5 Å². The summed E-state index contributed by atoms with van der Waals surface area (Å²) in [6.07, 6.45) is 8.83. The third kappa shape index (κ3) is 7.65. The molecule has 1 unspecified atom stereocenters. The van der Waals surface area contributed by atoms with Gasteiger partial charge in [-0.05, 0) is 63.1 Å². The van der Waals surface area contributed by atoms with Crippen LogP contribution in [-0.4, -0.2) is 70.6 Å². The highest BCUT2D eigenvalue weighted by Gasteiger charge is 2.20. The van der Waals surface area contributed by atoms with Crippen LogP contribution < -0.4 is 5.32 Å². The normalized spacial score (nSPS) is 18.0. The number of allylic oxidation sites excluding steroid dienone is 3. The van der Waals surface area contributed by atoms with Crippen LogP contribution >= 0.6 is 11.8 Å². The lowest BCUT2D eigenvalue weighted by molar-refractivity contribution is 0.0280. The van der Waals surface area contributed by atoms with Crippen LogP contribution in [0.3, 0.4) is 0 Å². The lowest BCUT2D eigenvalue weighted by atomic mass is 9.99. The van der Waals surface area contributed by atoms with E-state index in [4.69, 9.17) is 14.2 Å². The van der Waals surface area contributed by atoms with Gasteiger partial charge in [0.05, 0.1) is 13.2 Å². The number of rotatable bonds is 9. The van der Waals surface area contributed by atoms with Crippen molar-refractivity contribution in [2.75, 3.05) is 39.5 Å². The molecule has 1 aliphatic heterocycles. The first kappa shape index (κ1) is 28.2.